The standard InChI is InChI=1S/C16H21ClN2O2/c1-18(2)16(20)14-7-13-9-19(10-15(14)21-13)8-11-3-5-12(17)6-4-11/h3-6,13-15H,7-10H2,1-2H3/t13-,14+,15-/m1/s1. The number of ether oxygens (including phenoxy) is 1. The summed E-state index contributed by atoms with van der Waals surface area (Å²) in [5.41, 5.74) is 1.25. The Labute approximate surface area is 130 Å². The summed E-state index contributed by atoms with van der Waals surface area (Å²) in [5.74, 6) is 0.205. The lowest BCUT2D eigenvalue weighted by atomic mass is 9.99. The fraction of sp³-hybridized carbons (Fsp3) is 0.562. The third kappa shape index (κ3) is 3.23. The van der Waals surface area contributed by atoms with E-state index in [1.807, 2.05) is 26.2 Å². The van der Waals surface area contributed by atoms with Gasteiger partial charge in [0.05, 0.1) is 18.1 Å². The van der Waals surface area contributed by atoms with Crippen LogP contribution in [0.3, 0.4) is 0 Å². The minimum atomic E-state index is 0.0141. The van der Waals surface area contributed by atoms with Crippen LogP contribution >= 0.6 is 11.6 Å². The van der Waals surface area contributed by atoms with Gasteiger partial charge in [-0.25, -0.2) is 0 Å². The fourth-order valence-electron chi connectivity index (χ4n) is 3.31. The molecule has 0 radical (unpaired) electrons. The van der Waals surface area contributed by atoms with E-state index < -0.39 is 0 Å². The Balaban J connectivity index is 1.64. The number of likely N-dealkylation sites (tertiary alicyclic amines) is 1. The number of benzene rings is 1. The number of halogens is 1. The third-order valence-corrected chi connectivity index (χ3v) is 4.56. The molecule has 2 bridgehead atoms. The Morgan fingerprint density at radius 3 is 2.71 bits per heavy atom. The molecule has 4 nitrogen and oxygen atoms in total. The number of fused-ring (bicyclic) bond motifs is 2. The third-order valence-electron chi connectivity index (χ3n) is 4.31. The minimum absolute atomic E-state index is 0.0141. The molecule has 3 rings (SSSR count). The second-order valence-corrected chi connectivity index (χ2v) is 6.63. The molecule has 1 aromatic carbocycles. The van der Waals surface area contributed by atoms with E-state index in [2.05, 4.69) is 17.0 Å². The highest BCUT2D eigenvalue weighted by Gasteiger charge is 2.44. The molecule has 0 aliphatic carbocycles. The monoisotopic (exact) mass is 308 g/mol. The molecule has 0 N–H and O–H groups in total. The largest absolute Gasteiger partial charge is 0.371 e. The lowest BCUT2D eigenvalue weighted by molar-refractivity contribution is -0.136. The summed E-state index contributed by atoms with van der Waals surface area (Å²) in [6.45, 7) is 2.61. The first kappa shape index (κ1) is 14.8. The van der Waals surface area contributed by atoms with Gasteiger partial charge >= 0.3 is 0 Å². The number of rotatable bonds is 3. The number of amides is 1. The SMILES string of the molecule is CN(C)C(=O)[C@H]1C[C@@H]2CN(Cc3ccc(Cl)cc3)C[C@H]1O2. The molecule has 0 aromatic heterocycles. The van der Waals surface area contributed by atoms with E-state index in [4.69, 9.17) is 16.3 Å². The summed E-state index contributed by atoms with van der Waals surface area (Å²) in [4.78, 5) is 16.3. The maximum atomic E-state index is 12.2. The molecule has 21 heavy (non-hydrogen) atoms. The van der Waals surface area contributed by atoms with Crippen molar-refractivity contribution < 1.29 is 9.53 Å². The molecule has 2 heterocycles. The predicted octanol–water partition coefficient (Wildman–Crippen LogP) is 2.02. The topological polar surface area (TPSA) is 32.8 Å². The molecule has 2 saturated heterocycles. The zero-order valence-corrected chi connectivity index (χ0v) is 13.2. The van der Waals surface area contributed by atoms with Gasteiger partial charge in [0.15, 0.2) is 0 Å². The molecule has 2 aliphatic heterocycles. The number of hydrogen-bond donors (Lipinski definition) is 0. The average Bonchev–Trinajstić information content (AvgIpc) is 2.75. The molecule has 2 aliphatic rings. The molecule has 1 amide bonds. The van der Waals surface area contributed by atoms with Crippen LogP contribution < -0.4 is 0 Å². The first-order valence-electron chi connectivity index (χ1n) is 7.36. The van der Waals surface area contributed by atoms with Gasteiger partial charge in [-0.15, -0.1) is 0 Å². The second kappa shape index (κ2) is 5.95. The van der Waals surface area contributed by atoms with Crippen molar-refractivity contribution in [3.05, 3.63) is 34.9 Å². The van der Waals surface area contributed by atoms with E-state index in [9.17, 15) is 4.79 Å². The molecule has 114 valence electrons. The molecule has 3 atom stereocenters. The van der Waals surface area contributed by atoms with Gasteiger partial charge < -0.3 is 9.64 Å². The zero-order valence-electron chi connectivity index (χ0n) is 12.5. The maximum absolute atomic E-state index is 12.2. The van der Waals surface area contributed by atoms with E-state index in [-0.39, 0.29) is 24.0 Å². The molecule has 5 heteroatoms. The summed E-state index contributed by atoms with van der Waals surface area (Å²) in [6.07, 6.45) is 1.06. The van der Waals surface area contributed by atoms with Crippen LogP contribution in [0.15, 0.2) is 24.3 Å². The molecular formula is C16H21ClN2O2. The van der Waals surface area contributed by atoms with Crippen molar-refractivity contribution in [1.29, 1.82) is 0 Å². The minimum Gasteiger partial charge on any atom is -0.371 e. The number of carbonyl (C=O) groups is 1. The summed E-state index contributed by atoms with van der Waals surface area (Å²) < 4.78 is 5.96. The van der Waals surface area contributed by atoms with Crippen LogP contribution in [-0.4, -0.2) is 55.1 Å². The van der Waals surface area contributed by atoms with Crippen molar-refractivity contribution in [2.45, 2.75) is 25.2 Å². The molecular weight excluding hydrogens is 288 g/mol. The first-order valence-corrected chi connectivity index (χ1v) is 7.74. The zero-order chi connectivity index (χ0) is 15.0. The normalized spacial score (nSPS) is 28.6. The van der Waals surface area contributed by atoms with Crippen molar-refractivity contribution in [3.8, 4) is 0 Å². The van der Waals surface area contributed by atoms with Crippen LogP contribution in [-0.2, 0) is 16.1 Å². The maximum Gasteiger partial charge on any atom is 0.227 e. The van der Waals surface area contributed by atoms with Crippen LogP contribution in [0, 0.1) is 5.92 Å². The van der Waals surface area contributed by atoms with Gasteiger partial charge in [-0.3, -0.25) is 9.69 Å². The summed E-state index contributed by atoms with van der Waals surface area (Å²) in [6, 6.07) is 7.96. The first-order chi connectivity index (χ1) is 10.0. The van der Waals surface area contributed by atoms with Crippen LogP contribution in [0.5, 0.6) is 0 Å². The van der Waals surface area contributed by atoms with Crippen molar-refractivity contribution in [2.24, 2.45) is 5.92 Å². The highest BCUT2D eigenvalue weighted by Crippen LogP contribution is 2.33. The summed E-state index contributed by atoms with van der Waals surface area (Å²) in [7, 11) is 3.63. The van der Waals surface area contributed by atoms with Crippen LogP contribution in [0.1, 0.15) is 12.0 Å². The van der Waals surface area contributed by atoms with Gasteiger partial charge in [-0.2, -0.15) is 0 Å². The number of morpholine rings is 1. The lowest BCUT2D eigenvalue weighted by Crippen LogP contribution is -2.44. The van der Waals surface area contributed by atoms with Crippen molar-refractivity contribution in [1.82, 2.24) is 9.80 Å². The van der Waals surface area contributed by atoms with Crippen LogP contribution in [0.25, 0.3) is 0 Å². The second-order valence-electron chi connectivity index (χ2n) is 6.19. The van der Waals surface area contributed by atoms with E-state index in [0.717, 1.165) is 31.1 Å². The smallest absolute Gasteiger partial charge is 0.227 e. The predicted molar refractivity (Wildman–Crippen MR) is 82.2 cm³/mol. The Morgan fingerprint density at radius 1 is 1.33 bits per heavy atom. The average molecular weight is 309 g/mol. The van der Waals surface area contributed by atoms with Gasteiger partial charge in [0.1, 0.15) is 0 Å². The fourth-order valence-corrected chi connectivity index (χ4v) is 3.43. The highest BCUT2D eigenvalue weighted by molar-refractivity contribution is 6.30. The van der Waals surface area contributed by atoms with Crippen molar-refractivity contribution in [2.75, 3.05) is 27.2 Å². The van der Waals surface area contributed by atoms with Crippen LogP contribution in [0.2, 0.25) is 5.02 Å². The van der Waals surface area contributed by atoms with Gasteiger partial charge in [0, 0.05) is 38.8 Å². The number of nitrogens with zero attached hydrogens (tertiary/aromatic N) is 2. The summed E-state index contributed by atoms with van der Waals surface area (Å²) >= 11 is 5.92. The Bertz CT molecular complexity index is 518. The van der Waals surface area contributed by atoms with Gasteiger partial charge in [0.25, 0.3) is 0 Å². The van der Waals surface area contributed by atoms with Crippen LogP contribution in [0.4, 0.5) is 0 Å². The summed E-state index contributed by atoms with van der Waals surface area (Å²) in [5, 5.41) is 0.762. The Hall–Kier alpha value is -1.10. The van der Waals surface area contributed by atoms with Crippen molar-refractivity contribution >= 4 is 17.5 Å². The van der Waals surface area contributed by atoms with Crippen molar-refractivity contribution in [3.63, 3.8) is 0 Å². The van der Waals surface area contributed by atoms with E-state index >= 15 is 0 Å². The van der Waals surface area contributed by atoms with E-state index in [0.29, 0.717) is 0 Å². The number of hydrogen-bond acceptors (Lipinski definition) is 3. The van der Waals surface area contributed by atoms with Gasteiger partial charge in [-0.05, 0) is 24.1 Å². The number of carbonyl (C=O) groups excluding carboxylic acids is 1. The van der Waals surface area contributed by atoms with E-state index in [1.54, 1.807) is 4.90 Å². The molecule has 0 unspecified atom stereocenters. The van der Waals surface area contributed by atoms with Gasteiger partial charge in [-0.1, -0.05) is 23.7 Å². The Morgan fingerprint density at radius 2 is 2.05 bits per heavy atom. The lowest BCUT2D eigenvalue weighted by Gasteiger charge is -2.33. The van der Waals surface area contributed by atoms with Gasteiger partial charge in [0.2, 0.25) is 5.91 Å². The molecule has 2 fully saturated rings. The molecule has 1 aromatic rings. The van der Waals surface area contributed by atoms with E-state index in [1.165, 1.54) is 5.56 Å². The molecule has 0 spiro atoms. The molecule has 0 saturated carbocycles. The quantitative estimate of drug-likeness (QED) is 0.856. The highest BCUT2D eigenvalue weighted by atomic mass is 35.5. The Kier molecular flexibility index (Phi) is 4.20.